The molecule has 0 aromatic heterocycles. The summed E-state index contributed by atoms with van der Waals surface area (Å²) < 4.78 is 0. The first kappa shape index (κ1) is 19.5. The van der Waals surface area contributed by atoms with Gasteiger partial charge in [0.05, 0.1) is 32.3 Å². The van der Waals surface area contributed by atoms with Gasteiger partial charge in [-0.05, 0) is 53.7 Å². The molecule has 0 aliphatic carbocycles. The minimum Gasteiger partial charge on any atom is -0.278 e. The average Bonchev–Trinajstić information content (AvgIpc) is 3.11. The van der Waals surface area contributed by atoms with Crippen molar-refractivity contribution in [2.24, 2.45) is 9.98 Å². The lowest BCUT2D eigenvalue weighted by Crippen LogP contribution is -2.17. The highest BCUT2D eigenvalue weighted by atomic mass is 32.2. The third kappa shape index (κ3) is 3.85. The SMILES string of the molecule is CC(C)(C)N=C1/C(=C2\Sc3ccccc3C2=NC(C)(C)C)Sc2ccccc21. The molecule has 2 aromatic rings. The van der Waals surface area contributed by atoms with E-state index in [0.29, 0.717) is 0 Å². The summed E-state index contributed by atoms with van der Waals surface area (Å²) in [5.74, 6) is 0. The summed E-state index contributed by atoms with van der Waals surface area (Å²) in [6, 6.07) is 17.2. The van der Waals surface area contributed by atoms with E-state index < -0.39 is 0 Å². The van der Waals surface area contributed by atoms with Gasteiger partial charge in [0.1, 0.15) is 0 Å². The Morgan fingerprint density at radius 2 is 0.929 bits per heavy atom. The van der Waals surface area contributed by atoms with Gasteiger partial charge in [0, 0.05) is 20.9 Å². The molecule has 0 bridgehead atoms. The molecule has 0 saturated heterocycles. The Labute approximate surface area is 176 Å². The van der Waals surface area contributed by atoms with Crippen LogP contribution in [0.25, 0.3) is 0 Å². The number of aliphatic imine (C=N–C) groups is 2. The quantitative estimate of drug-likeness (QED) is 0.471. The van der Waals surface area contributed by atoms with E-state index in [4.69, 9.17) is 9.98 Å². The van der Waals surface area contributed by atoms with Gasteiger partial charge in [-0.1, -0.05) is 59.9 Å². The zero-order valence-corrected chi connectivity index (χ0v) is 19.0. The fourth-order valence-electron chi connectivity index (χ4n) is 3.26. The summed E-state index contributed by atoms with van der Waals surface area (Å²) in [6.45, 7) is 13.0. The number of allylic oxidation sites excluding steroid dienone is 2. The van der Waals surface area contributed by atoms with Crippen molar-refractivity contribution in [1.82, 2.24) is 0 Å². The van der Waals surface area contributed by atoms with E-state index in [-0.39, 0.29) is 11.1 Å². The van der Waals surface area contributed by atoms with Gasteiger partial charge in [0.15, 0.2) is 0 Å². The lowest BCUT2D eigenvalue weighted by atomic mass is 10.0. The monoisotopic (exact) mass is 406 g/mol. The van der Waals surface area contributed by atoms with E-state index in [2.05, 4.69) is 90.1 Å². The first-order valence-corrected chi connectivity index (χ1v) is 11.2. The zero-order valence-electron chi connectivity index (χ0n) is 17.3. The minimum absolute atomic E-state index is 0.142. The van der Waals surface area contributed by atoms with Crippen LogP contribution in [0.4, 0.5) is 0 Å². The van der Waals surface area contributed by atoms with Crippen LogP contribution < -0.4 is 0 Å². The van der Waals surface area contributed by atoms with Gasteiger partial charge >= 0.3 is 0 Å². The first-order chi connectivity index (χ1) is 13.1. The van der Waals surface area contributed by atoms with Crippen molar-refractivity contribution in [2.75, 3.05) is 0 Å². The molecule has 0 fully saturated rings. The first-order valence-electron chi connectivity index (χ1n) is 9.62. The molecule has 2 aliphatic heterocycles. The van der Waals surface area contributed by atoms with Crippen LogP contribution in [0, 0.1) is 0 Å². The van der Waals surface area contributed by atoms with Gasteiger partial charge in [-0.25, -0.2) is 0 Å². The molecule has 0 saturated carbocycles. The lowest BCUT2D eigenvalue weighted by Gasteiger charge is -2.17. The van der Waals surface area contributed by atoms with E-state index in [0.717, 1.165) is 11.4 Å². The Hall–Kier alpha value is -1.78. The van der Waals surface area contributed by atoms with Gasteiger partial charge in [0.25, 0.3) is 0 Å². The van der Waals surface area contributed by atoms with E-state index in [1.54, 1.807) is 0 Å². The van der Waals surface area contributed by atoms with Crippen LogP contribution in [0.2, 0.25) is 0 Å². The maximum Gasteiger partial charge on any atom is 0.0816 e. The number of benzene rings is 2. The molecule has 2 aromatic carbocycles. The van der Waals surface area contributed by atoms with Crippen LogP contribution >= 0.6 is 23.5 Å². The summed E-state index contributed by atoms with van der Waals surface area (Å²) in [4.78, 5) is 15.3. The second-order valence-corrected chi connectivity index (χ2v) is 11.2. The van der Waals surface area contributed by atoms with Crippen LogP contribution in [-0.4, -0.2) is 22.5 Å². The van der Waals surface area contributed by atoms with Crippen LogP contribution in [0.15, 0.2) is 78.1 Å². The molecule has 28 heavy (non-hydrogen) atoms. The number of hydrogen-bond donors (Lipinski definition) is 0. The third-order valence-corrected chi connectivity index (χ3v) is 6.72. The van der Waals surface area contributed by atoms with Crippen molar-refractivity contribution >= 4 is 34.9 Å². The zero-order chi connectivity index (χ0) is 20.1. The highest BCUT2D eigenvalue weighted by Crippen LogP contribution is 2.50. The van der Waals surface area contributed by atoms with Crippen molar-refractivity contribution in [3.05, 3.63) is 69.5 Å². The summed E-state index contributed by atoms with van der Waals surface area (Å²) in [6.07, 6.45) is 0. The second kappa shape index (κ2) is 6.93. The van der Waals surface area contributed by atoms with Crippen molar-refractivity contribution in [3.8, 4) is 0 Å². The highest BCUT2D eigenvalue weighted by molar-refractivity contribution is 8.08. The number of rotatable bonds is 0. The molecular formula is C24H26N2S2. The molecule has 0 radical (unpaired) electrons. The summed E-state index contributed by atoms with van der Waals surface area (Å²) in [7, 11) is 0. The van der Waals surface area contributed by atoms with Gasteiger partial charge in [-0.3, -0.25) is 9.98 Å². The lowest BCUT2D eigenvalue weighted by molar-refractivity contribution is 0.583. The Morgan fingerprint density at radius 1 is 0.571 bits per heavy atom. The van der Waals surface area contributed by atoms with Gasteiger partial charge in [0.2, 0.25) is 0 Å². The van der Waals surface area contributed by atoms with Gasteiger partial charge in [-0.15, -0.1) is 0 Å². The van der Waals surface area contributed by atoms with Crippen LogP contribution in [0.3, 0.4) is 0 Å². The molecule has 2 heterocycles. The summed E-state index contributed by atoms with van der Waals surface area (Å²) >= 11 is 3.66. The molecule has 0 amide bonds. The molecule has 2 aliphatic rings. The minimum atomic E-state index is -0.142. The molecule has 0 spiro atoms. The summed E-state index contributed by atoms with van der Waals surface area (Å²) in [5, 5.41) is 0. The largest absolute Gasteiger partial charge is 0.278 e. The molecule has 144 valence electrons. The average molecular weight is 407 g/mol. The fraction of sp³-hybridized carbons (Fsp3) is 0.333. The van der Waals surface area contributed by atoms with E-state index in [9.17, 15) is 0 Å². The van der Waals surface area contributed by atoms with Crippen molar-refractivity contribution in [1.29, 1.82) is 0 Å². The fourth-order valence-corrected chi connectivity index (χ4v) is 5.68. The van der Waals surface area contributed by atoms with E-state index in [1.807, 2.05) is 23.5 Å². The van der Waals surface area contributed by atoms with Crippen molar-refractivity contribution in [3.63, 3.8) is 0 Å². The van der Waals surface area contributed by atoms with Gasteiger partial charge < -0.3 is 0 Å². The molecular weight excluding hydrogens is 380 g/mol. The Bertz CT molecular complexity index is 948. The van der Waals surface area contributed by atoms with Crippen molar-refractivity contribution in [2.45, 2.75) is 62.4 Å². The maximum atomic E-state index is 5.14. The predicted molar refractivity (Wildman–Crippen MR) is 124 cm³/mol. The Balaban J connectivity index is 1.97. The second-order valence-electron chi connectivity index (χ2n) is 9.12. The molecule has 4 heteroatoms. The van der Waals surface area contributed by atoms with Crippen LogP contribution in [-0.2, 0) is 0 Å². The number of fused-ring (bicyclic) bond motifs is 2. The molecule has 0 N–H and O–H groups in total. The Kier molecular flexibility index (Phi) is 4.83. The smallest absolute Gasteiger partial charge is 0.0816 e. The molecule has 2 nitrogen and oxygen atoms in total. The van der Waals surface area contributed by atoms with E-state index >= 15 is 0 Å². The summed E-state index contributed by atoms with van der Waals surface area (Å²) in [5.41, 5.74) is 4.39. The van der Waals surface area contributed by atoms with E-state index in [1.165, 1.54) is 30.7 Å². The number of nitrogens with zero attached hydrogens (tertiary/aromatic N) is 2. The maximum absolute atomic E-state index is 5.14. The highest BCUT2D eigenvalue weighted by Gasteiger charge is 2.34. The molecule has 0 unspecified atom stereocenters. The van der Waals surface area contributed by atoms with Crippen LogP contribution in [0.5, 0.6) is 0 Å². The predicted octanol–water partition coefficient (Wildman–Crippen LogP) is 6.99. The standard InChI is InChI=1S/C24H26N2S2/c1-23(2,3)25-19-15-11-7-9-13-17(15)27-21(19)22-20(26-24(4,5)6)16-12-8-10-14-18(16)28-22/h7-14H,1-6H3/b22-21+,25-19?,26-20?. The number of hydrogen-bond acceptors (Lipinski definition) is 4. The van der Waals surface area contributed by atoms with Crippen LogP contribution in [0.1, 0.15) is 52.7 Å². The Morgan fingerprint density at radius 3 is 1.29 bits per heavy atom. The number of thioether (sulfide) groups is 2. The van der Waals surface area contributed by atoms with Crippen molar-refractivity contribution < 1.29 is 0 Å². The molecule has 4 rings (SSSR count). The topological polar surface area (TPSA) is 24.7 Å². The molecule has 0 atom stereocenters. The normalized spacial score (nSPS) is 22.1. The van der Waals surface area contributed by atoms with Gasteiger partial charge in [-0.2, -0.15) is 0 Å². The third-order valence-electron chi connectivity index (χ3n) is 4.24.